The minimum atomic E-state index is -4.48. The monoisotopic (exact) mass is 452 g/mol. The summed E-state index contributed by atoms with van der Waals surface area (Å²) in [5.41, 5.74) is 0.00422. The van der Waals surface area contributed by atoms with Crippen molar-refractivity contribution in [1.82, 2.24) is 14.8 Å². The predicted molar refractivity (Wildman–Crippen MR) is 111 cm³/mol. The zero-order valence-electron chi connectivity index (χ0n) is 15.5. The Morgan fingerprint density at radius 2 is 1.97 bits per heavy atom. The number of halogens is 4. The number of alkyl halides is 3. The van der Waals surface area contributed by atoms with Gasteiger partial charge in [0.15, 0.2) is 11.0 Å². The minimum absolute atomic E-state index is 0.0545. The van der Waals surface area contributed by atoms with Gasteiger partial charge in [-0.15, -0.1) is 16.8 Å². The maximum absolute atomic E-state index is 12.8. The molecule has 2 aromatic carbocycles. The van der Waals surface area contributed by atoms with Crippen LogP contribution in [0.1, 0.15) is 5.56 Å². The third kappa shape index (κ3) is 5.43. The van der Waals surface area contributed by atoms with Gasteiger partial charge in [-0.3, -0.25) is 9.36 Å². The van der Waals surface area contributed by atoms with E-state index < -0.39 is 17.6 Å². The van der Waals surface area contributed by atoms with Crippen molar-refractivity contribution in [1.29, 1.82) is 0 Å². The highest BCUT2D eigenvalue weighted by molar-refractivity contribution is 7.99. The van der Waals surface area contributed by atoms with E-state index in [4.69, 9.17) is 11.6 Å². The number of anilines is 1. The number of nitrogens with one attached hydrogen (secondary N) is 1. The maximum Gasteiger partial charge on any atom is 0.416 e. The Labute approximate surface area is 180 Å². The van der Waals surface area contributed by atoms with Crippen molar-refractivity contribution in [2.45, 2.75) is 17.9 Å². The number of hydrogen-bond donors (Lipinski definition) is 1. The van der Waals surface area contributed by atoms with Crippen molar-refractivity contribution in [2.75, 3.05) is 11.1 Å². The zero-order chi connectivity index (χ0) is 21.7. The van der Waals surface area contributed by atoms with Crippen molar-refractivity contribution >= 4 is 35.0 Å². The van der Waals surface area contributed by atoms with E-state index in [1.54, 1.807) is 28.8 Å². The summed E-state index contributed by atoms with van der Waals surface area (Å²) in [6.07, 6.45) is -2.81. The lowest BCUT2D eigenvalue weighted by Crippen LogP contribution is -2.15. The molecular formula is C20H16ClF3N4OS. The van der Waals surface area contributed by atoms with Gasteiger partial charge < -0.3 is 5.32 Å². The molecule has 0 atom stereocenters. The SMILES string of the molecule is C=CCn1c(SCC(=O)Nc2cccc(C(F)(F)F)c2)nnc1-c1cccc(Cl)c1. The Balaban J connectivity index is 1.71. The van der Waals surface area contributed by atoms with Crippen LogP contribution >= 0.6 is 23.4 Å². The third-order valence-electron chi connectivity index (χ3n) is 3.92. The second kappa shape index (κ2) is 9.36. The molecule has 0 bridgehead atoms. The van der Waals surface area contributed by atoms with Crippen molar-refractivity contribution in [3.8, 4) is 11.4 Å². The summed E-state index contributed by atoms with van der Waals surface area (Å²) in [6, 6.07) is 11.6. The third-order valence-corrected chi connectivity index (χ3v) is 5.12. The Morgan fingerprint density at radius 3 is 2.67 bits per heavy atom. The number of aromatic nitrogens is 3. The van der Waals surface area contributed by atoms with Gasteiger partial charge in [0.05, 0.1) is 11.3 Å². The fourth-order valence-electron chi connectivity index (χ4n) is 2.63. The van der Waals surface area contributed by atoms with Crippen LogP contribution in [0.4, 0.5) is 18.9 Å². The summed E-state index contributed by atoms with van der Waals surface area (Å²) < 4.78 is 40.2. The van der Waals surface area contributed by atoms with Crippen molar-refractivity contribution in [2.24, 2.45) is 0 Å². The van der Waals surface area contributed by atoms with E-state index in [1.807, 2.05) is 6.07 Å². The minimum Gasteiger partial charge on any atom is -0.325 e. The molecule has 0 fully saturated rings. The van der Waals surface area contributed by atoms with Crippen LogP contribution in [0.2, 0.25) is 5.02 Å². The van der Waals surface area contributed by atoms with Crippen molar-refractivity contribution in [3.05, 3.63) is 71.8 Å². The van der Waals surface area contributed by atoms with E-state index in [1.165, 1.54) is 12.1 Å². The molecule has 0 saturated heterocycles. The molecule has 0 aliphatic heterocycles. The summed E-state index contributed by atoms with van der Waals surface area (Å²) in [4.78, 5) is 12.2. The molecular weight excluding hydrogens is 437 g/mol. The van der Waals surface area contributed by atoms with Crippen molar-refractivity contribution < 1.29 is 18.0 Å². The average Bonchev–Trinajstić information content (AvgIpc) is 3.09. The van der Waals surface area contributed by atoms with E-state index in [0.717, 1.165) is 29.5 Å². The molecule has 0 saturated carbocycles. The largest absolute Gasteiger partial charge is 0.416 e. The molecule has 0 spiro atoms. The molecule has 30 heavy (non-hydrogen) atoms. The smallest absolute Gasteiger partial charge is 0.325 e. The Hall–Kier alpha value is -2.78. The van der Waals surface area contributed by atoms with Crippen LogP contribution < -0.4 is 5.32 Å². The number of rotatable bonds is 7. The molecule has 0 radical (unpaired) electrons. The van der Waals surface area contributed by atoms with E-state index >= 15 is 0 Å². The molecule has 1 aromatic heterocycles. The Morgan fingerprint density at radius 1 is 1.20 bits per heavy atom. The van der Waals surface area contributed by atoms with Gasteiger partial charge in [0.25, 0.3) is 0 Å². The first-order valence-electron chi connectivity index (χ1n) is 8.68. The fourth-order valence-corrected chi connectivity index (χ4v) is 3.57. The number of benzene rings is 2. The maximum atomic E-state index is 12.8. The standard InChI is InChI=1S/C20H16ClF3N4OS/c1-2-9-28-18(13-5-3-7-15(21)10-13)26-27-19(28)30-12-17(29)25-16-8-4-6-14(11-16)20(22,23)24/h2-8,10-11H,1,9,12H2,(H,25,29). The van der Waals surface area contributed by atoms with Crippen molar-refractivity contribution in [3.63, 3.8) is 0 Å². The fraction of sp³-hybridized carbons (Fsp3) is 0.150. The van der Waals surface area contributed by atoms with Gasteiger partial charge in [-0.05, 0) is 30.3 Å². The molecule has 10 heteroatoms. The van der Waals surface area contributed by atoms with Gasteiger partial charge >= 0.3 is 6.18 Å². The van der Waals surface area contributed by atoms with Gasteiger partial charge in [0.2, 0.25) is 5.91 Å². The summed E-state index contributed by atoms with van der Waals surface area (Å²) in [5.74, 6) is 0.0520. The molecule has 1 amide bonds. The molecule has 156 valence electrons. The number of thioether (sulfide) groups is 1. The highest BCUT2D eigenvalue weighted by Crippen LogP contribution is 2.31. The molecule has 3 aromatic rings. The summed E-state index contributed by atoms with van der Waals surface area (Å²) in [5, 5.41) is 11.8. The highest BCUT2D eigenvalue weighted by Gasteiger charge is 2.30. The molecule has 5 nitrogen and oxygen atoms in total. The predicted octanol–water partition coefficient (Wildman–Crippen LogP) is 5.53. The number of allylic oxidation sites excluding steroid dienone is 1. The van der Waals surface area contributed by atoms with Gasteiger partial charge in [-0.1, -0.05) is 47.6 Å². The number of carbonyl (C=O) groups is 1. The lowest BCUT2D eigenvalue weighted by molar-refractivity contribution is -0.137. The van der Waals surface area contributed by atoms with Crippen LogP contribution in [0.25, 0.3) is 11.4 Å². The second-order valence-electron chi connectivity index (χ2n) is 6.13. The summed E-state index contributed by atoms with van der Waals surface area (Å²) in [7, 11) is 0. The van der Waals surface area contributed by atoms with Gasteiger partial charge in [-0.2, -0.15) is 13.2 Å². The van der Waals surface area contributed by atoms with Crippen LogP contribution in [-0.4, -0.2) is 26.4 Å². The number of hydrogen-bond acceptors (Lipinski definition) is 4. The number of amides is 1. The Bertz CT molecular complexity index is 1070. The molecule has 0 unspecified atom stereocenters. The van der Waals surface area contributed by atoms with E-state index in [0.29, 0.717) is 22.5 Å². The van der Waals surface area contributed by atoms with E-state index in [2.05, 4.69) is 22.1 Å². The van der Waals surface area contributed by atoms with Crippen LogP contribution in [0.15, 0.2) is 66.3 Å². The quantitative estimate of drug-likeness (QED) is 0.378. The molecule has 3 rings (SSSR count). The lowest BCUT2D eigenvalue weighted by atomic mass is 10.2. The molecule has 0 aliphatic rings. The summed E-state index contributed by atoms with van der Waals surface area (Å²) >= 11 is 7.16. The van der Waals surface area contributed by atoms with Crippen LogP contribution in [-0.2, 0) is 17.5 Å². The van der Waals surface area contributed by atoms with Crippen LogP contribution in [0, 0.1) is 0 Å². The Kier molecular flexibility index (Phi) is 6.84. The normalized spacial score (nSPS) is 11.3. The average molecular weight is 453 g/mol. The van der Waals surface area contributed by atoms with Crippen LogP contribution in [0.5, 0.6) is 0 Å². The van der Waals surface area contributed by atoms with Crippen LogP contribution in [0.3, 0.4) is 0 Å². The molecule has 1 N–H and O–H groups in total. The lowest BCUT2D eigenvalue weighted by Gasteiger charge is -2.10. The molecule has 1 heterocycles. The topological polar surface area (TPSA) is 59.8 Å². The number of carbonyl (C=O) groups excluding carboxylic acids is 1. The first kappa shape index (κ1) is 21.9. The first-order chi connectivity index (χ1) is 14.3. The second-order valence-corrected chi connectivity index (χ2v) is 7.51. The highest BCUT2D eigenvalue weighted by atomic mass is 35.5. The zero-order valence-corrected chi connectivity index (χ0v) is 17.1. The number of nitrogens with zero attached hydrogens (tertiary/aromatic N) is 3. The first-order valence-corrected chi connectivity index (χ1v) is 10.0. The van der Waals surface area contributed by atoms with Gasteiger partial charge in [0.1, 0.15) is 0 Å². The summed E-state index contributed by atoms with van der Waals surface area (Å²) in [6.45, 7) is 4.13. The molecule has 0 aliphatic carbocycles. The van der Waals surface area contributed by atoms with Gasteiger partial charge in [-0.25, -0.2) is 0 Å². The van der Waals surface area contributed by atoms with E-state index in [9.17, 15) is 18.0 Å². The van der Waals surface area contributed by atoms with Gasteiger partial charge in [0, 0.05) is 22.8 Å². The van der Waals surface area contributed by atoms with E-state index in [-0.39, 0.29) is 11.4 Å².